The first kappa shape index (κ1) is 21.2. The largest absolute Gasteiger partial charge is 0.367 e. The molecule has 0 unspecified atom stereocenters. The summed E-state index contributed by atoms with van der Waals surface area (Å²) in [6, 6.07) is 9.45. The van der Waals surface area contributed by atoms with E-state index in [4.69, 9.17) is 4.98 Å². The number of amides is 3. The molecule has 3 N–H and O–H groups in total. The van der Waals surface area contributed by atoms with Crippen LogP contribution in [0.5, 0.6) is 0 Å². The number of hydrogen-bond donors (Lipinski definition) is 3. The zero-order valence-electron chi connectivity index (χ0n) is 18.3. The summed E-state index contributed by atoms with van der Waals surface area (Å²) < 4.78 is 1.70. The van der Waals surface area contributed by atoms with Crippen LogP contribution in [-0.4, -0.2) is 43.3 Å². The summed E-state index contributed by atoms with van der Waals surface area (Å²) in [5.41, 5.74) is 2.86. The summed E-state index contributed by atoms with van der Waals surface area (Å²) in [5, 5.41) is 13.1. The number of fused-ring (bicyclic) bond motifs is 1. The number of nitrogens with zero attached hydrogens (tertiary/aromatic N) is 4. The van der Waals surface area contributed by atoms with E-state index in [1.165, 1.54) is 11.3 Å². The van der Waals surface area contributed by atoms with E-state index in [1.807, 2.05) is 12.1 Å². The van der Waals surface area contributed by atoms with Gasteiger partial charge in [-0.1, -0.05) is 0 Å². The van der Waals surface area contributed by atoms with E-state index in [0.717, 1.165) is 23.5 Å². The molecule has 35 heavy (non-hydrogen) atoms. The summed E-state index contributed by atoms with van der Waals surface area (Å²) in [6.45, 7) is 0. The number of anilines is 2. The van der Waals surface area contributed by atoms with Gasteiger partial charge in [0, 0.05) is 29.4 Å². The molecule has 1 saturated carbocycles. The number of rotatable bonds is 6. The van der Waals surface area contributed by atoms with Crippen molar-refractivity contribution in [3.05, 3.63) is 64.9 Å². The Morgan fingerprint density at radius 2 is 2.09 bits per heavy atom. The van der Waals surface area contributed by atoms with Gasteiger partial charge in [-0.15, -0.1) is 11.3 Å². The van der Waals surface area contributed by atoms with Crippen molar-refractivity contribution in [2.45, 2.75) is 25.3 Å². The van der Waals surface area contributed by atoms with Crippen molar-refractivity contribution in [2.24, 2.45) is 0 Å². The second-order valence-electron chi connectivity index (χ2n) is 8.36. The first-order valence-corrected chi connectivity index (χ1v) is 11.9. The zero-order valence-corrected chi connectivity index (χ0v) is 19.1. The lowest BCUT2D eigenvalue weighted by molar-refractivity contribution is -0.124. The van der Waals surface area contributed by atoms with Crippen molar-refractivity contribution < 1.29 is 14.4 Å². The minimum absolute atomic E-state index is 0.0311. The van der Waals surface area contributed by atoms with E-state index >= 15 is 0 Å². The van der Waals surface area contributed by atoms with Crippen molar-refractivity contribution >= 4 is 52.3 Å². The van der Waals surface area contributed by atoms with Gasteiger partial charge in [0.25, 0.3) is 11.8 Å². The lowest BCUT2D eigenvalue weighted by Crippen LogP contribution is -2.19. The van der Waals surface area contributed by atoms with Crippen LogP contribution in [0.1, 0.15) is 34.5 Å². The van der Waals surface area contributed by atoms with E-state index in [2.05, 4.69) is 26.0 Å². The maximum absolute atomic E-state index is 12.7. The van der Waals surface area contributed by atoms with Crippen molar-refractivity contribution in [2.75, 3.05) is 10.6 Å². The highest BCUT2D eigenvalue weighted by Gasteiger charge is 2.26. The SMILES string of the molecule is O=C1C/C(=C\c2cnn3c(NC4CC4)cc(-c4ccc(C(=O)Nc5cccnc5)s4)nc23)C(=O)N1. The van der Waals surface area contributed by atoms with Crippen LogP contribution < -0.4 is 16.0 Å². The molecular formula is C24H19N7O3S. The normalized spacial score (nSPS) is 16.6. The van der Waals surface area contributed by atoms with E-state index < -0.39 is 5.91 Å². The first-order chi connectivity index (χ1) is 17.0. The number of thiophene rings is 1. The number of pyridine rings is 1. The summed E-state index contributed by atoms with van der Waals surface area (Å²) in [7, 11) is 0. The predicted molar refractivity (Wildman–Crippen MR) is 131 cm³/mol. The minimum atomic E-state index is -0.399. The molecule has 2 aliphatic rings. The monoisotopic (exact) mass is 485 g/mol. The molecule has 11 heteroatoms. The van der Waals surface area contributed by atoms with Gasteiger partial charge in [0.05, 0.1) is 40.0 Å². The van der Waals surface area contributed by atoms with Gasteiger partial charge in [0.15, 0.2) is 5.65 Å². The van der Waals surface area contributed by atoms with Gasteiger partial charge in [-0.3, -0.25) is 24.7 Å². The molecule has 4 aromatic heterocycles. The molecule has 10 nitrogen and oxygen atoms in total. The number of nitrogens with one attached hydrogen (secondary N) is 3. The third kappa shape index (κ3) is 4.28. The Hall–Kier alpha value is -4.38. The van der Waals surface area contributed by atoms with Crippen molar-refractivity contribution in [3.8, 4) is 10.6 Å². The Morgan fingerprint density at radius 3 is 2.83 bits per heavy atom. The fraction of sp³-hybridized carbons (Fsp3) is 0.167. The van der Waals surface area contributed by atoms with Crippen molar-refractivity contribution in [1.82, 2.24) is 24.9 Å². The lowest BCUT2D eigenvalue weighted by atomic mass is 10.1. The van der Waals surface area contributed by atoms with E-state index in [-0.39, 0.29) is 18.2 Å². The molecule has 1 aliphatic carbocycles. The van der Waals surface area contributed by atoms with Crippen LogP contribution in [-0.2, 0) is 9.59 Å². The molecule has 0 bridgehead atoms. The summed E-state index contributed by atoms with van der Waals surface area (Å²) >= 11 is 1.33. The molecule has 5 heterocycles. The van der Waals surface area contributed by atoms with Gasteiger partial charge in [-0.25, -0.2) is 4.98 Å². The van der Waals surface area contributed by atoms with Gasteiger partial charge < -0.3 is 10.6 Å². The average Bonchev–Trinajstić information content (AvgIpc) is 3.23. The highest BCUT2D eigenvalue weighted by molar-refractivity contribution is 7.17. The maximum Gasteiger partial charge on any atom is 0.265 e. The van der Waals surface area contributed by atoms with Crippen LogP contribution in [0.15, 0.2) is 54.5 Å². The second-order valence-corrected chi connectivity index (χ2v) is 9.45. The van der Waals surface area contributed by atoms with Gasteiger partial charge in [-0.05, 0) is 43.2 Å². The smallest absolute Gasteiger partial charge is 0.265 e. The molecule has 1 aliphatic heterocycles. The molecule has 1 saturated heterocycles. The van der Waals surface area contributed by atoms with Gasteiger partial charge >= 0.3 is 0 Å². The molecule has 0 radical (unpaired) electrons. The predicted octanol–water partition coefficient (Wildman–Crippen LogP) is 3.11. The fourth-order valence-corrected chi connectivity index (χ4v) is 4.65. The number of carbonyl (C=O) groups is 3. The number of imide groups is 1. The highest BCUT2D eigenvalue weighted by atomic mass is 32.1. The standard InChI is InChI=1S/C24H19N7O3S/c32-21-9-13(23(33)30-21)8-14-11-26-31-20(27-15-3-4-15)10-17(29-22(14)31)18-5-6-19(35-18)24(34)28-16-2-1-7-25-12-16/h1-2,5-8,10-12,15,27H,3-4,9H2,(H,28,34)(H,30,32,33)/b13-8+. The third-order valence-electron chi connectivity index (χ3n) is 5.66. The van der Waals surface area contributed by atoms with Crippen LogP contribution >= 0.6 is 11.3 Å². The molecule has 174 valence electrons. The number of carbonyl (C=O) groups excluding carboxylic acids is 3. The molecule has 3 amide bonds. The topological polar surface area (TPSA) is 130 Å². The first-order valence-electron chi connectivity index (χ1n) is 11.0. The Labute approximate surface area is 203 Å². The van der Waals surface area contributed by atoms with Crippen LogP contribution in [0.4, 0.5) is 11.5 Å². The van der Waals surface area contributed by atoms with E-state index in [1.54, 1.807) is 47.4 Å². The average molecular weight is 486 g/mol. The maximum atomic E-state index is 12.7. The molecular weight excluding hydrogens is 466 g/mol. The quantitative estimate of drug-likeness (QED) is 0.283. The Bertz CT molecular complexity index is 1520. The summed E-state index contributed by atoms with van der Waals surface area (Å²) in [6.07, 6.45) is 8.71. The molecule has 6 rings (SSSR count). The Balaban J connectivity index is 1.37. The van der Waals surface area contributed by atoms with E-state index in [0.29, 0.717) is 39.1 Å². The minimum Gasteiger partial charge on any atom is -0.367 e. The molecule has 0 atom stereocenters. The molecule has 0 aromatic carbocycles. The van der Waals surface area contributed by atoms with Crippen LogP contribution in [0.25, 0.3) is 22.3 Å². The highest BCUT2D eigenvalue weighted by Crippen LogP contribution is 2.33. The second kappa shape index (κ2) is 8.44. The van der Waals surface area contributed by atoms with Gasteiger partial charge in [0.1, 0.15) is 5.82 Å². The van der Waals surface area contributed by atoms with E-state index in [9.17, 15) is 14.4 Å². The molecule has 0 spiro atoms. The Kier molecular flexibility index (Phi) is 5.10. The molecule has 4 aromatic rings. The van der Waals surface area contributed by atoms with Crippen LogP contribution in [0.3, 0.4) is 0 Å². The summed E-state index contributed by atoms with van der Waals surface area (Å²) in [4.78, 5) is 46.5. The Morgan fingerprint density at radius 1 is 1.20 bits per heavy atom. The van der Waals surface area contributed by atoms with Gasteiger partial charge in [0.2, 0.25) is 5.91 Å². The fourth-order valence-electron chi connectivity index (χ4n) is 3.78. The zero-order chi connectivity index (χ0) is 23.9. The van der Waals surface area contributed by atoms with Gasteiger partial charge in [-0.2, -0.15) is 9.61 Å². The molecule has 2 fully saturated rings. The third-order valence-corrected chi connectivity index (χ3v) is 6.76. The van der Waals surface area contributed by atoms with Crippen molar-refractivity contribution in [1.29, 1.82) is 0 Å². The van der Waals surface area contributed by atoms with Crippen LogP contribution in [0, 0.1) is 0 Å². The lowest BCUT2D eigenvalue weighted by Gasteiger charge is -2.09. The number of hydrogen-bond acceptors (Lipinski definition) is 8. The number of aromatic nitrogens is 4. The summed E-state index contributed by atoms with van der Waals surface area (Å²) in [5.74, 6) is -0.167. The van der Waals surface area contributed by atoms with Crippen LogP contribution in [0.2, 0.25) is 0 Å². The van der Waals surface area contributed by atoms with Crippen molar-refractivity contribution in [3.63, 3.8) is 0 Å².